The summed E-state index contributed by atoms with van der Waals surface area (Å²) in [5.41, 5.74) is 0. The molecule has 72 valence electrons. The van der Waals surface area contributed by atoms with Gasteiger partial charge in [-0.25, -0.2) is 0 Å². The van der Waals surface area contributed by atoms with Gasteiger partial charge in [0.25, 0.3) is 0 Å². The van der Waals surface area contributed by atoms with E-state index < -0.39 is 0 Å². The third-order valence-corrected chi connectivity index (χ3v) is 2.30. The molecule has 0 bridgehead atoms. The lowest BCUT2D eigenvalue weighted by atomic mass is 10.3. The lowest BCUT2D eigenvalue weighted by molar-refractivity contribution is 0.121. The molecule has 0 radical (unpaired) electrons. The average Bonchev–Trinajstić information content (AvgIpc) is 2.82. The molecule has 0 saturated heterocycles. The van der Waals surface area contributed by atoms with Crippen LogP contribution in [0.5, 0.6) is 0 Å². The summed E-state index contributed by atoms with van der Waals surface area (Å²) in [4.78, 5) is 2.25. The molecule has 1 unspecified atom stereocenters. The second kappa shape index (κ2) is 4.80. The SMILES string of the molecule is CCNCC(O)CN(C)C1CC1. The molecular weight excluding hydrogens is 152 g/mol. The maximum Gasteiger partial charge on any atom is 0.0791 e. The van der Waals surface area contributed by atoms with Crippen LogP contribution in [0.15, 0.2) is 0 Å². The molecule has 1 aliphatic rings. The average molecular weight is 172 g/mol. The van der Waals surface area contributed by atoms with Gasteiger partial charge in [-0.15, -0.1) is 0 Å². The zero-order valence-electron chi connectivity index (χ0n) is 8.08. The Balaban J connectivity index is 2.03. The molecule has 1 saturated carbocycles. The van der Waals surface area contributed by atoms with Crippen LogP contribution in [0.2, 0.25) is 0 Å². The molecule has 0 aromatic carbocycles. The number of hydrogen-bond donors (Lipinski definition) is 2. The molecule has 1 fully saturated rings. The van der Waals surface area contributed by atoms with Gasteiger partial charge in [0.2, 0.25) is 0 Å². The van der Waals surface area contributed by atoms with Crippen LogP contribution in [0.3, 0.4) is 0 Å². The standard InChI is InChI=1S/C9H20N2O/c1-3-10-6-9(12)7-11(2)8-4-5-8/h8-10,12H,3-7H2,1-2H3. The highest BCUT2D eigenvalue weighted by Gasteiger charge is 2.26. The van der Waals surface area contributed by atoms with Crippen molar-refractivity contribution in [2.75, 3.05) is 26.7 Å². The Morgan fingerprint density at radius 3 is 2.75 bits per heavy atom. The zero-order chi connectivity index (χ0) is 8.97. The first-order chi connectivity index (χ1) is 5.74. The van der Waals surface area contributed by atoms with Crippen molar-refractivity contribution in [3.8, 4) is 0 Å². The minimum Gasteiger partial charge on any atom is -0.390 e. The van der Waals surface area contributed by atoms with Crippen LogP contribution in [-0.2, 0) is 0 Å². The van der Waals surface area contributed by atoms with Gasteiger partial charge >= 0.3 is 0 Å². The molecule has 0 amide bonds. The molecule has 1 atom stereocenters. The number of likely N-dealkylation sites (N-methyl/N-ethyl adjacent to an activating group) is 2. The van der Waals surface area contributed by atoms with Crippen molar-refractivity contribution in [2.45, 2.75) is 31.9 Å². The van der Waals surface area contributed by atoms with Gasteiger partial charge in [0.15, 0.2) is 0 Å². The molecule has 0 aromatic heterocycles. The van der Waals surface area contributed by atoms with Crippen molar-refractivity contribution in [3.63, 3.8) is 0 Å². The largest absolute Gasteiger partial charge is 0.390 e. The van der Waals surface area contributed by atoms with Gasteiger partial charge in [-0.05, 0) is 26.4 Å². The Bertz CT molecular complexity index is 126. The van der Waals surface area contributed by atoms with Crippen molar-refractivity contribution in [1.29, 1.82) is 0 Å². The van der Waals surface area contributed by atoms with E-state index in [2.05, 4.69) is 24.2 Å². The quantitative estimate of drug-likeness (QED) is 0.594. The summed E-state index contributed by atoms with van der Waals surface area (Å²) in [5, 5.41) is 12.7. The second-order valence-corrected chi connectivity index (χ2v) is 3.63. The van der Waals surface area contributed by atoms with Gasteiger partial charge < -0.3 is 15.3 Å². The minimum atomic E-state index is -0.212. The zero-order valence-corrected chi connectivity index (χ0v) is 8.08. The van der Waals surface area contributed by atoms with E-state index in [1.54, 1.807) is 0 Å². The summed E-state index contributed by atoms with van der Waals surface area (Å²) in [5.74, 6) is 0. The minimum absolute atomic E-state index is 0.212. The van der Waals surface area contributed by atoms with Crippen LogP contribution in [0, 0.1) is 0 Å². The Kier molecular flexibility index (Phi) is 3.98. The molecular formula is C9H20N2O. The van der Waals surface area contributed by atoms with E-state index in [9.17, 15) is 5.11 Å². The Hall–Kier alpha value is -0.120. The molecule has 0 aliphatic heterocycles. The van der Waals surface area contributed by atoms with Crippen LogP contribution < -0.4 is 5.32 Å². The molecule has 1 aliphatic carbocycles. The Labute approximate surface area is 74.8 Å². The summed E-state index contributed by atoms with van der Waals surface area (Å²) < 4.78 is 0. The molecule has 1 rings (SSSR count). The Morgan fingerprint density at radius 1 is 1.58 bits per heavy atom. The number of rotatable bonds is 6. The summed E-state index contributed by atoms with van der Waals surface area (Å²) >= 11 is 0. The first kappa shape index (κ1) is 9.96. The first-order valence-electron chi connectivity index (χ1n) is 4.83. The fraction of sp³-hybridized carbons (Fsp3) is 1.00. The van der Waals surface area contributed by atoms with Crippen molar-refractivity contribution < 1.29 is 5.11 Å². The first-order valence-corrected chi connectivity index (χ1v) is 4.83. The van der Waals surface area contributed by atoms with Crippen LogP contribution in [0.1, 0.15) is 19.8 Å². The van der Waals surface area contributed by atoms with E-state index in [0.717, 1.165) is 19.1 Å². The smallest absolute Gasteiger partial charge is 0.0791 e. The summed E-state index contributed by atoms with van der Waals surface area (Å²) in [7, 11) is 2.09. The van der Waals surface area contributed by atoms with Crippen molar-refractivity contribution in [3.05, 3.63) is 0 Å². The van der Waals surface area contributed by atoms with Gasteiger partial charge in [-0.1, -0.05) is 6.92 Å². The highest BCUT2D eigenvalue weighted by atomic mass is 16.3. The van der Waals surface area contributed by atoms with Crippen molar-refractivity contribution >= 4 is 0 Å². The lowest BCUT2D eigenvalue weighted by Crippen LogP contribution is -2.37. The fourth-order valence-electron chi connectivity index (χ4n) is 1.37. The highest BCUT2D eigenvalue weighted by molar-refractivity contribution is 4.83. The van der Waals surface area contributed by atoms with Gasteiger partial charge in [0.05, 0.1) is 6.10 Å². The maximum atomic E-state index is 9.52. The van der Waals surface area contributed by atoms with Gasteiger partial charge in [-0.3, -0.25) is 0 Å². The predicted octanol–water partition coefficient (Wildman–Crippen LogP) is 0.0510. The molecule has 0 spiro atoms. The van der Waals surface area contributed by atoms with Crippen LogP contribution >= 0.6 is 0 Å². The number of aliphatic hydroxyl groups excluding tert-OH is 1. The third-order valence-electron chi connectivity index (χ3n) is 2.30. The molecule has 12 heavy (non-hydrogen) atoms. The van der Waals surface area contributed by atoms with E-state index in [4.69, 9.17) is 0 Å². The number of hydrogen-bond acceptors (Lipinski definition) is 3. The van der Waals surface area contributed by atoms with E-state index in [1.807, 2.05) is 0 Å². The van der Waals surface area contributed by atoms with Gasteiger partial charge in [0.1, 0.15) is 0 Å². The topological polar surface area (TPSA) is 35.5 Å². The molecule has 3 heteroatoms. The van der Waals surface area contributed by atoms with Gasteiger partial charge in [0, 0.05) is 19.1 Å². The monoisotopic (exact) mass is 172 g/mol. The summed E-state index contributed by atoms with van der Waals surface area (Å²) in [6.45, 7) is 4.51. The van der Waals surface area contributed by atoms with Crippen molar-refractivity contribution in [1.82, 2.24) is 10.2 Å². The van der Waals surface area contributed by atoms with E-state index >= 15 is 0 Å². The summed E-state index contributed by atoms with van der Waals surface area (Å²) in [6, 6.07) is 0.751. The number of nitrogens with one attached hydrogen (secondary N) is 1. The fourth-order valence-corrected chi connectivity index (χ4v) is 1.37. The van der Waals surface area contributed by atoms with Crippen LogP contribution in [-0.4, -0.2) is 48.8 Å². The predicted molar refractivity (Wildman–Crippen MR) is 50.2 cm³/mol. The van der Waals surface area contributed by atoms with Crippen LogP contribution in [0.4, 0.5) is 0 Å². The summed E-state index contributed by atoms with van der Waals surface area (Å²) in [6.07, 6.45) is 2.41. The van der Waals surface area contributed by atoms with Crippen LogP contribution in [0.25, 0.3) is 0 Å². The second-order valence-electron chi connectivity index (χ2n) is 3.63. The maximum absolute atomic E-state index is 9.52. The molecule has 0 aromatic rings. The molecule has 3 nitrogen and oxygen atoms in total. The van der Waals surface area contributed by atoms with E-state index in [0.29, 0.717) is 6.54 Å². The van der Waals surface area contributed by atoms with Gasteiger partial charge in [-0.2, -0.15) is 0 Å². The lowest BCUT2D eigenvalue weighted by Gasteiger charge is -2.19. The molecule has 0 heterocycles. The Morgan fingerprint density at radius 2 is 2.25 bits per heavy atom. The molecule has 2 N–H and O–H groups in total. The number of nitrogens with zero attached hydrogens (tertiary/aromatic N) is 1. The van der Waals surface area contributed by atoms with E-state index in [-0.39, 0.29) is 6.10 Å². The normalized spacial score (nSPS) is 20.0. The van der Waals surface area contributed by atoms with Crippen molar-refractivity contribution in [2.24, 2.45) is 0 Å². The highest BCUT2D eigenvalue weighted by Crippen LogP contribution is 2.25. The van der Waals surface area contributed by atoms with E-state index in [1.165, 1.54) is 12.8 Å². The number of aliphatic hydroxyl groups is 1. The third kappa shape index (κ3) is 3.52.